The molecule has 2 aromatic rings. The smallest absolute Gasteiger partial charge is 0.311 e. The summed E-state index contributed by atoms with van der Waals surface area (Å²) >= 11 is 22.7. The molecule has 0 fully saturated rings. The van der Waals surface area contributed by atoms with Crippen molar-refractivity contribution >= 4 is 74.3 Å². The first-order chi connectivity index (χ1) is 19.0. The number of ether oxygens (including phenoxy) is 2. The minimum absolute atomic E-state index is 0.120. The molecule has 0 unspecified atom stereocenters. The molecule has 0 aliphatic carbocycles. The van der Waals surface area contributed by atoms with Crippen molar-refractivity contribution in [1.82, 2.24) is 0 Å². The van der Waals surface area contributed by atoms with Crippen LogP contribution in [0.3, 0.4) is 0 Å². The summed E-state index contributed by atoms with van der Waals surface area (Å²) in [5.74, 6) is 1.04. The fourth-order valence-corrected chi connectivity index (χ4v) is 3.74. The van der Waals surface area contributed by atoms with Crippen LogP contribution in [0.5, 0.6) is 11.5 Å². The maximum atomic E-state index is 11.6. The number of rotatable bonds is 15. The number of aryl methyl sites for hydroxylation is 1. The zero-order valence-electron chi connectivity index (χ0n) is 23.8. The van der Waals surface area contributed by atoms with Crippen LogP contribution in [-0.2, 0) is 14.9 Å². The average Bonchev–Trinajstić information content (AvgIpc) is 2.90. The number of benzene rings is 2. The molecule has 0 aromatic heterocycles. The lowest BCUT2D eigenvalue weighted by atomic mass is 10.1. The summed E-state index contributed by atoms with van der Waals surface area (Å²) in [6, 6.07) is 15.2. The van der Waals surface area contributed by atoms with E-state index in [0.29, 0.717) is 24.3 Å². The van der Waals surface area contributed by atoms with Crippen LogP contribution in [0.15, 0.2) is 48.5 Å². The number of alkyl halides is 5. The molecule has 0 bridgehead atoms. The van der Waals surface area contributed by atoms with Gasteiger partial charge < -0.3 is 9.47 Å². The van der Waals surface area contributed by atoms with Crippen molar-refractivity contribution in [2.45, 2.75) is 106 Å². The second-order valence-electron chi connectivity index (χ2n) is 9.30. The fourth-order valence-electron chi connectivity index (χ4n) is 3.36. The Hall–Kier alpha value is -0.980. The van der Waals surface area contributed by atoms with E-state index in [0.717, 1.165) is 31.0 Å². The van der Waals surface area contributed by atoms with E-state index in [9.17, 15) is 9.59 Å². The first kappa shape index (κ1) is 39.0. The summed E-state index contributed by atoms with van der Waals surface area (Å²) in [4.78, 5) is 23.1. The van der Waals surface area contributed by atoms with E-state index in [2.05, 4.69) is 29.8 Å². The highest BCUT2D eigenvalue weighted by atomic mass is 79.9. The molecule has 0 atom stereocenters. The first-order valence-corrected chi connectivity index (χ1v) is 16.5. The average molecular weight is 701 g/mol. The Morgan fingerprint density at radius 3 is 1.35 bits per heavy atom. The maximum absolute atomic E-state index is 11.6. The molecule has 0 N–H and O–H groups in total. The van der Waals surface area contributed by atoms with Gasteiger partial charge >= 0.3 is 11.9 Å². The van der Waals surface area contributed by atoms with Crippen LogP contribution in [0.25, 0.3) is 0 Å². The standard InChI is InChI=1S/C15H21BrO2.C15H22O2.CCl4/c1-2-3-4-5-6-7-15(17)18-14-10-8-13(12-16)9-11-14;1-3-4-5-6-7-8-15(16)17-14-11-9-13(2)10-12-14;2-1(3,4)5/h8-11H,2-7,12H2,1H3;9-12H,3-8H2,1-2H3;. The highest BCUT2D eigenvalue weighted by Gasteiger charge is 2.11. The number of halogens is 5. The van der Waals surface area contributed by atoms with Gasteiger partial charge in [-0.05, 0) is 49.6 Å². The van der Waals surface area contributed by atoms with Crippen LogP contribution in [0.2, 0.25) is 0 Å². The van der Waals surface area contributed by atoms with Crippen LogP contribution in [0.4, 0.5) is 0 Å². The minimum Gasteiger partial charge on any atom is -0.427 e. The number of carbonyl (C=O) groups is 2. The summed E-state index contributed by atoms with van der Waals surface area (Å²) in [6.07, 6.45) is 12.5. The van der Waals surface area contributed by atoms with Crippen molar-refractivity contribution in [3.05, 3.63) is 59.7 Å². The van der Waals surface area contributed by atoms with Gasteiger partial charge in [0.1, 0.15) is 11.5 Å². The summed E-state index contributed by atoms with van der Waals surface area (Å²) in [7, 11) is 0. The van der Waals surface area contributed by atoms with Gasteiger partial charge in [0.25, 0.3) is 3.25 Å². The molecular formula is C31H43BrCl4O4. The van der Waals surface area contributed by atoms with Gasteiger partial charge in [0.15, 0.2) is 0 Å². The number of carbonyl (C=O) groups excluding carboxylic acids is 2. The minimum atomic E-state index is -1.61. The van der Waals surface area contributed by atoms with Gasteiger partial charge in [-0.1, -0.05) is 157 Å². The van der Waals surface area contributed by atoms with E-state index in [1.165, 1.54) is 49.7 Å². The molecule has 9 heteroatoms. The Morgan fingerprint density at radius 1 is 0.650 bits per heavy atom. The van der Waals surface area contributed by atoms with Gasteiger partial charge in [-0.3, -0.25) is 9.59 Å². The Balaban J connectivity index is 0.000000652. The second kappa shape index (κ2) is 24.6. The summed E-state index contributed by atoms with van der Waals surface area (Å²) in [6.45, 7) is 6.38. The van der Waals surface area contributed by atoms with Crippen molar-refractivity contribution in [1.29, 1.82) is 0 Å². The van der Waals surface area contributed by atoms with Gasteiger partial charge in [-0.25, -0.2) is 0 Å². The fraction of sp³-hybridized carbons (Fsp3) is 0.548. The molecule has 0 amide bonds. The van der Waals surface area contributed by atoms with Gasteiger partial charge in [-0.15, -0.1) is 0 Å². The summed E-state index contributed by atoms with van der Waals surface area (Å²) in [5.41, 5.74) is 2.35. The monoisotopic (exact) mass is 698 g/mol. The predicted molar refractivity (Wildman–Crippen MR) is 174 cm³/mol. The van der Waals surface area contributed by atoms with Crippen LogP contribution in [0.1, 0.15) is 102 Å². The Labute approximate surface area is 269 Å². The molecular weight excluding hydrogens is 658 g/mol. The lowest BCUT2D eigenvalue weighted by molar-refractivity contribution is -0.135. The normalized spacial score (nSPS) is 10.5. The Kier molecular flexibility index (Phi) is 24.0. The van der Waals surface area contributed by atoms with E-state index in [1.54, 1.807) is 0 Å². The van der Waals surface area contributed by atoms with Crippen LogP contribution in [0, 0.1) is 6.92 Å². The van der Waals surface area contributed by atoms with E-state index >= 15 is 0 Å². The molecule has 0 aliphatic heterocycles. The molecule has 0 heterocycles. The molecule has 0 spiro atoms. The number of unbranched alkanes of at least 4 members (excludes halogenated alkanes) is 8. The predicted octanol–water partition coefficient (Wildman–Crippen LogP) is 11.7. The van der Waals surface area contributed by atoms with E-state index in [4.69, 9.17) is 55.9 Å². The molecule has 2 aromatic carbocycles. The first-order valence-electron chi connectivity index (χ1n) is 13.9. The molecule has 226 valence electrons. The molecule has 0 aliphatic rings. The lowest BCUT2D eigenvalue weighted by Crippen LogP contribution is -2.07. The highest BCUT2D eigenvalue weighted by Crippen LogP contribution is 2.29. The molecule has 4 nitrogen and oxygen atoms in total. The van der Waals surface area contributed by atoms with Crippen LogP contribution in [-0.4, -0.2) is 15.2 Å². The van der Waals surface area contributed by atoms with E-state index in [-0.39, 0.29) is 11.9 Å². The summed E-state index contributed by atoms with van der Waals surface area (Å²) < 4.78 is 8.89. The van der Waals surface area contributed by atoms with Gasteiger partial charge in [0.05, 0.1) is 0 Å². The molecule has 0 saturated carbocycles. The maximum Gasteiger partial charge on any atom is 0.311 e. The number of esters is 2. The lowest BCUT2D eigenvalue weighted by Gasteiger charge is -2.05. The Morgan fingerprint density at radius 2 is 1.00 bits per heavy atom. The van der Waals surface area contributed by atoms with Crippen molar-refractivity contribution in [3.63, 3.8) is 0 Å². The second-order valence-corrected chi connectivity index (χ2v) is 13.3. The number of hydrogen-bond donors (Lipinski definition) is 0. The van der Waals surface area contributed by atoms with E-state index < -0.39 is 3.25 Å². The zero-order chi connectivity index (χ0) is 30.2. The van der Waals surface area contributed by atoms with Gasteiger partial charge in [0.2, 0.25) is 0 Å². The topological polar surface area (TPSA) is 52.6 Å². The number of hydrogen-bond acceptors (Lipinski definition) is 4. The molecule has 0 saturated heterocycles. The van der Waals surface area contributed by atoms with Crippen LogP contribution >= 0.6 is 62.3 Å². The third-order valence-corrected chi connectivity index (χ3v) is 6.18. The molecule has 0 radical (unpaired) electrons. The van der Waals surface area contributed by atoms with Crippen molar-refractivity contribution in [2.75, 3.05) is 0 Å². The third-order valence-electron chi connectivity index (χ3n) is 5.53. The largest absolute Gasteiger partial charge is 0.427 e. The molecule has 2 rings (SSSR count). The van der Waals surface area contributed by atoms with Crippen molar-refractivity contribution < 1.29 is 19.1 Å². The summed E-state index contributed by atoms with van der Waals surface area (Å²) in [5, 5.41) is 0.818. The van der Waals surface area contributed by atoms with Crippen molar-refractivity contribution in [3.8, 4) is 11.5 Å². The van der Waals surface area contributed by atoms with Gasteiger partial charge in [-0.2, -0.15) is 0 Å². The highest BCUT2D eigenvalue weighted by molar-refractivity contribution is 9.08. The van der Waals surface area contributed by atoms with Gasteiger partial charge in [0, 0.05) is 18.2 Å². The Bertz CT molecular complexity index is 910. The molecule has 40 heavy (non-hydrogen) atoms. The van der Waals surface area contributed by atoms with Crippen molar-refractivity contribution in [2.24, 2.45) is 0 Å². The van der Waals surface area contributed by atoms with Crippen LogP contribution < -0.4 is 9.47 Å². The van der Waals surface area contributed by atoms with E-state index in [1.807, 2.05) is 55.5 Å². The SMILES string of the molecule is CCCCCCCC(=O)Oc1ccc(C)cc1.CCCCCCCC(=O)Oc1ccc(CBr)cc1.ClC(Cl)(Cl)Cl. The third kappa shape index (κ3) is 26.0. The zero-order valence-corrected chi connectivity index (χ0v) is 28.4. The quantitative estimate of drug-likeness (QED) is 0.0803.